The molecule has 0 saturated heterocycles. The van der Waals surface area contributed by atoms with Crippen molar-refractivity contribution in [2.45, 2.75) is 19.3 Å². The van der Waals surface area contributed by atoms with Gasteiger partial charge in [-0.05, 0) is 37.0 Å². The highest BCUT2D eigenvalue weighted by atomic mass is 19.1. The fourth-order valence-electron chi connectivity index (χ4n) is 2.16. The van der Waals surface area contributed by atoms with Crippen LogP contribution in [-0.2, 0) is 16.0 Å². The first kappa shape index (κ1) is 15.2. The van der Waals surface area contributed by atoms with Crippen molar-refractivity contribution in [3.8, 4) is 0 Å². The van der Waals surface area contributed by atoms with Crippen LogP contribution in [-0.4, -0.2) is 24.9 Å². The molecule has 1 fully saturated rings. The predicted molar refractivity (Wildman–Crippen MR) is 78.0 cm³/mol. The second-order valence-corrected chi connectivity index (χ2v) is 5.21. The molecule has 2 amide bonds. The van der Waals surface area contributed by atoms with Gasteiger partial charge in [-0.15, -0.1) is 6.58 Å². The van der Waals surface area contributed by atoms with Crippen LogP contribution < -0.4 is 10.6 Å². The van der Waals surface area contributed by atoms with E-state index in [1.807, 2.05) is 0 Å². The molecule has 0 unspecified atom stereocenters. The van der Waals surface area contributed by atoms with Gasteiger partial charge in [0.25, 0.3) is 0 Å². The van der Waals surface area contributed by atoms with Crippen molar-refractivity contribution in [3.63, 3.8) is 0 Å². The summed E-state index contributed by atoms with van der Waals surface area (Å²) in [5, 5.41) is 5.46. The smallest absolute Gasteiger partial charge is 0.235 e. The first-order valence-electron chi connectivity index (χ1n) is 7.00. The van der Waals surface area contributed by atoms with Gasteiger partial charge in [0.1, 0.15) is 11.2 Å². The van der Waals surface area contributed by atoms with Crippen molar-refractivity contribution in [2.75, 3.05) is 13.1 Å². The normalized spacial score (nSPS) is 15.1. The Morgan fingerprint density at radius 2 is 1.81 bits per heavy atom. The van der Waals surface area contributed by atoms with E-state index in [0.29, 0.717) is 32.4 Å². The fourth-order valence-corrected chi connectivity index (χ4v) is 2.16. The molecule has 4 nitrogen and oxygen atoms in total. The van der Waals surface area contributed by atoms with Gasteiger partial charge >= 0.3 is 0 Å². The zero-order valence-electron chi connectivity index (χ0n) is 11.8. The van der Waals surface area contributed by atoms with Crippen LogP contribution in [0.4, 0.5) is 4.39 Å². The van der Waals surface area contributed by atoms with Gasteiger partial charge in [0.2, 0.25) is 11.8 Å². The molecule has 1 aliphatic carbocycles. The van der Waals surface area contributed by atoms with E-state index in [4.69, 9.17) is 0 Å². The van der Waals surface area contributed by atoms with Crippen molar-refractivity contribution in [1.29, 1.82) is 0 Å². The number of carbonyl (C=O) groups is 2. The van der Waals surface area contributed by atoms with Crippen LogP contribution in [0.2, 0.25) is 0 Å². The summed E-state index contributed by atoms with van der Waals surface area (Å²) in [5.41, 5.74) is 0.0453. The molecular formula is C16H19FN2O2. The number of carbonyl (C=O) groups excluding carboxylic acids is 2. The van der Waals surface area contributed by atoms with Crippen LogP contribution in [0, 0.1) is 11.2 Å². The van der Waals surface area contributed by atoms with Crippen molar-refractivity contribution < 1.29 is 14.0 Å². The summed E-state index contributed by atoms with van der Waals surface area (Å²) < 4.78 is 12.8. The van der Waals surface area contributed by atoms with Crippen molar-refractivity contribution in [1.82, 2.24) is 10.6 Å². The Kier molecular flexibility index (Phi) is 4.73. The molecule has 0 bridgehead atoms. The third-order valence-electron chi connectivity index (χ3n) is 3.64. The van der Waals surface area contributed by atoms with E-state index in [0.717, 1.165) is 5.56 Å². The Bertz CT molecular complexity index is 536. The highest BCUT2D eigenvalue weighted by Crippen LogP contribution is 2.46. The van der Waals surface area contributed by atoms with Gasteiger partial charge in [-0.2, -0.15) is 0 Å². The van der Waals surface area contributed by atoms with Crippen LogP contribution in [0.1, 0.15) is 18.4 Å². The summed E-state index contributed by atoms with van der Waals surface area (Å²) in [4.78, 5) is 24.1. The molecule has 0 atom stereocenters. The number of nitrogens with one attached hydrogen (secondary N) is 2. The quantitative estimate of drug-likeness (QED) is 0.591. The first-order valence-corrected chi connectivity index (χ1v) is 7.00. The Morgan fingerprint density at radius 1 is 1.19 bits per heavy atom. The zero-order valence-corrected chi connectivity index (χ0v) is 11.8. The van der Waals surface area contributed by atoms with Crippen LogP contribution >= 0.6 is 0 Å². The van der Waals surface area contributed by atoms with E-state index >= 15 is 0 Å². The Balaban J connectivity index is 1.80. The molecule has 0 radical (unpaired) electrons. The van der Waals surface area contributed by atoms with Crippen molar-refractivity contribution in [2.24, 2.45) is 5.41 Å². The lowest BCUT2D eigenvalue weighted by molar-refractivity contribution is -0.137. The molecule has 1 aromatic carbocycles. The van der Waals surface area contributed by atoms with Crippen molar-refractivity contribution in [3.05, 3.63) is 48.3 Å². The standard InChI is InChI=1S/C16H19FN2O2/c1-2-10-18-14(20)16(8-9-16)15(21)19-11-7-12-3-5-13(17)6-4-12/h2-6H,1,7-11H2,(H,18,20)(H,19,21). The number of hydrogen-bond donors (Lipinski definition) is 2. The lowest BCUT2D eigenvalue weighted by atomic mass is 10.0. The van der Waals surface area contributed by atoms with Crippen LogP contribution in [0.3, 0.4) is 0 Å². The molecule has 0 spiro atoms. The maximum absolute atomic E-state index is 12.8. The average molecular weight is 290 g/mol. The molecule has 112 valence electrons. The zero-order chi connectivity index (χ0) is 15.3. The number of halogens is 1. The minimum atomic E-state index is -0.897. The van der Waals surface area contributed by atoms with E-state index < -0.39 is 5.41 Å². The molecule has 21 heavy (non-hydrogen) atoms. The molecule has 5 heteroatoms. The number of benzene rings is 1. The van der Waals surface area contributed by atoms with Crippen LogP contribution in [0.5, 0.6) is 0 Å². The lowest BCUT2D eigenvalue weighted by Gasteiger charge is -2.14. The number of rotatable bonds is 7. The summed E-state index contributed by atoms with van der Waals surface area (Å²) in [6.45, 7) is 4.32. The van der Waals surface area contributed by atoms with E-state index in [9.17, 15) is 14.0 Å². The minimum absolute atomic E-state index is 0.230. The van der Waals surface area contributed by atoms with Gasteiger partial charge in [0.15, 0.2) is 0 Å². The SMILES string of the molecule is C=CCNC(=O)C1(C(=O)NCCc2ccc(F)cc2)CC1. The summed E-state index contributed by atoms with van der Waals surface area (Å²) in [5.74, 6) is -0.744. The molecule has 2 rings (SSSR count). The van der Waals surface area contributed by atoms with Gasteiger partial charge in [0, 0.05) is 13.1 Å². The predicted octanol–water partition coefficient (Wildman–Crippen LogP) is 1.57. The Labute approximate surface area is 123 Å². The molecule has 2 N–H and O–H groups in total. The largest absolute Gasteiger partial charge is 0.355 e. The maximum atomic E-state index is 12.8. The van der Waals surface area contributed by atoms with Gasteiger partial charge < -0.3 is 10.6 Å². The summed E-state index contributed by atoms with van der Waals surface area (Å²) >= 11 is 0. The van der Waals surface area contributed by atoms with Crippen molar-refractivity contribution >= 4 is 11.8 Å². The number of hydrogen-bond acceptors (Lipinski definition) is 2. The Morgan fingerprint density at radius 3 is 2.38 bits per heavy atom. The second kappa shape index (κ2) is 6.52. The topological polar surface area (TPSA) is 58.2 Å². The third kappa shape index (κ3) is 3.68. The lowest BCUT2D eigenvalue weighted by Crippen LogP contribution is -2.43. The maximum Gasteiger partial charge on any atom is 0.235 e. The van der Waals surface area contributed by atoms with Crippen LogP contribution in [0.15, 0.2) is 36.9 Å². The minimum Gasteiger partial charge on any atom is -0.355 e. The Hall–Kier alpha value is -2.17. The molecular weight excluding hydrogens is 271 g/mol. The van der Waals surface area contributed by atoms with Gasteiger partial charge in [-0.25, -0.2) is 4.39 Å². The van der Waals surface area contributed by atoms with Crippen LogP contribution in [0.25, 0.3) is 0 Å². The highest BCUT2D eigenvalue weighted by Gasteiger charge is 2.56. The highest BCUT2D eigenvalue weighted by molar-refractivity contribution is 6.07. The summed E-state index contributed by atoms with van der Waals surface area (Å²) in [6, 6.07) is 6.15. The molecule has 1 aromatic rings. The monoisotopic (exact) mass is 290 g/mol. The average Bonchev–Trinajstić information content (AvgIpc) is 3.28. The van der Waals surface area contributed by atoms with E-state index in [1.165, 1.54) is 12.1 Å². The molecule has 0 heterocycles. The molecule has 0 aliphatic heterocycles. The molecule has 1 saturated carbocycles. The van der Waals surface area contributed by atoms with Gasteiger partial charge in [-0.1, -0.05) is 18.2 Å². The van der Waals surface area contributed by atoms with E-state index in [-0.39, 0.29) is 17.6 Å². The number of amides is 2. The third-order valence-corrected chi connectivity index (χ3v) is 3.64. The van der Waals surface area contributed by atoms with Gasteiger partial charge in [-0.3, -0.25) is 9.59 Å². The fraction of sp³-hybridized carbons (Fsp3) is 0.375. The first-order chi connectivity index (χ1) is 10.1. The van der Waals surface area contributed by atoms with Gasteiger partial charge in [0.05, 0.1) is 0 Å². The molecule has 1 aliphatic rings. The molecule has 0 aromatic heterocycles. The van der Waals surface area contributed by atoms with E-state index in [2.05, 4.69) is 17.2 Å². The summed E-state index contributed by atoms with van der Waals surface area (Å²) in [7, 11) is 0. The van der Waals surface area contributed by atoms with E-state index in [1.54, 1.807) is 18.2 Å². The second-order valence-electron chi connectivity index (χ2n) is 5.21. The summed E-state index contributed by atoms with van der Waals surface area (Å²) in [6.07, 6.45) is 3.35.